The zero-order valence-corrected chi connectivity index (χ0v) is 11.1. The lowest BCUT2D eigenvalue weighted by molar-refractivity contribution is -0.129. The molecule has 1 aliphatic rings. The summed E-state index contributed by atoms with van der Waals surface area (Å²) in [6.07, 6.45) is 3.74. The average Bonchev–Trinajstić information content (AvgIpc) is 2.41. The minimum absolute atomic E-state index is 0.00410. The highest BCUT2D eigenvalue weighted by Crippen LogP contribution is 2.17. The van der Waals surface area contributed by atoms with Crippen LogP contribution in [0.3, 0.4) is 0 Å². The van der Waals surface area contributed by atoms with E-state index in [-0.39, 0.29) is 17.9 Å². The summed E-state index contributed by atoms with van der Waals surface area (Å²) in [6, 6.07) is 7.37. The van der Waals surface area contributed by atoms with Crippen LogP contribution in [-0.4, -0.2) is 35.1 Å². The van der Waals surface area contributed by atoms with Gasteiger partial charge < -0.3 is 15.7 Å². The molecule has 0 spiro atoms. The van der Waals surface area contributed by atoms with Gasteiger partial charge in [0.2, 0.25) is 5.91 Å². The molecule has 0 aliphatic carbocycles. The van der Waals surface area contributed by atoms with Crippen LogP contribution in [0, 0.1) is 5.92 Å². The maximum atomic E-state index is 12.0. The number of aliphatic hydroxyl groups excluding tert-OH is 1. The SMILES string of the molecule is CC1CN(C(=O)/C=C/c2ccc(N)cc2)CCC1O. The van der Waals surface area contributed by atoms with E-state index in [9.17, 15) is 9.90 Å². The van der Waals surface area contributed by atoms with Gasteiger partial charge in [-0.05, 0) is 36.1 Å². The first-order valence-electron chi connectivity index (χ1n) is 6.57. The maximum Gasteiger partial charge on any atom is 0.246 e. The molecule has 4 heteroatoms. The number of hydrogen-bond acceptors (Lipinski definition) is 3. The molecule has 0 saturated carbocycles. The minimum atomic E-state index is -0.287. The number of carbonyl (C=O) groups excluding carboxylic acids is 1. The fraction of sp³-hybridized carbons (Fsp3) is 0.400. The van der Waals surface area contributed by atoms with Gasteiger partial charge in [0.1, 0.15) is 0 Å². The molecular weight excluding hydrogens is 240 g/mol. The van der Waals surface area contributed by atoms with Gasteiger partial charge in [0.25, 0.3) is 0 Å². The third-order valence-corrected chi connectivity index (χ3v) is 3.53. The fourth-order valence-electron chi connectivity index (χ4n) is 2.21. The molecule has 1 aromatic rings. The van der Waals surface area contributed by atoms with Crippen molar-refractivity contribution in [3.63, 3.8) is 0 Å². The molecule has 2 unspecified atom stereocenters. The van der Waals surface area contributed by atoms with Crippen LogP contribution in [0.4, 0.5) is 5.69 Å². The number of nitrogen functional groups attached to an aromatic ring is 1. The van der Waals surface area contributed by atoms with Gasteiger partial charge in [-0.3, -0.25) is 4.79 Å². The molecule has 0 bridgehead atoms. The molecule has 1 fully saturated rings. The Hall–Kier alpha value is -1.81. The van der Waals surface area contributed by atoms with Gasteiger partial charge in [0.15, 0.2) is 0 Å². The fourth-order valence-corrected chi connectivity index (χ4v) is 2.21. The van der Waals surface area contributed by atoms with Crippen molar-refractivity contribution in [2.45, 2.75) is 19.4 Å². The van der Waals surface area contributed by atoms with Gasteiger partial charge in [-0.25, -0.2) is 0 Å². The number of nitrogens with two attached hydrogens (primary N) is 1. The van der Waals surface area contributed by atoms with E-state index in [4.69, 9.17) is 5.73 Å². The van der Waals surface area contributed by atoms with Gasteiger partial charge in [0, 0.05) is 24.9 Å². The van der Waals surface area contributed by atoms with Gasteiger partial charge in [0.05, 0.1) is 6.10 Å². The van der Waals surface area contributed by atoms with E-state index in [0.29, 0.717) is 25.2 Å². The van der Waals surface area contributed by atoms with Gasteiger partial charge in [-0.1, -0.05) is 19.1 Å². The molecule has 0 aromatic heterocycles. The second-order valence-electron chi connectivity index (χ2n) is 5.12. The second kappa shape index (κ2) is 5.89. The third kappa shape index (κ3) is 3.58. The Bertz CT molecular complexity index is 468. The second-order valence-corrected chi connectivity index (χ2v) is 5.12. The molecule has 1 heterocycles. The molecular formula is C15H20N2O2. The summed E-state index contributed by atoms with van der Waals surface area (Å²) < 4.78 is 0. The van der Waals surface area contributed by atoms with E-state index >= 15 is 0 Å². The number of amides is 1. The number of hydrogen-bond donors (Lipinski definition) is 2. The lowest BCUT2D eigenvalue weighted by Gasteiger charge is -2.33. The van der Waals surface area contributed by atoms with Crippen molar-refractivity contribution in [1.82, 2.24) is 4.90 Å². The first-order valence-corrected chi connectivity index (χ1v) is 6.57. The van der Waals surface area contributed by atoms with Crippen LogP contribution >= 0.6 is 0 Å². The highest BCUT2D eigenvalue weighted by Gasteiger charge is 2.25. The van der Waals surface area contributed by atoms with E-state index in [1.807, 2.05) is 31.2 Å². The van der Waals surface area contributed by atoms with Crippen molar-refractivity contribution in [1.29, 1.82) is 0 Å². The number of rotatable bonds is 2. The van der Waals surface area contributed by atoms with Crippen LogP contribution in [0.1, 0.15) is 18.9 Å². The third-order valence-electron chi connectivity index (χ3n) is 3.53. The maximum absolute atomic E-state index is 12.0. The molecule has 1 aliphatic heterocycles. The Labute approximate surface area is 113 Å². The Balaban J connectivity index is 1.95. The number of benzene rings is 1. The average molecular weight is 260 g/mol. The van der Waals surface area contributed by atoms with Crippen LogP contribution in [-0.2, 0) is 4.79 Å². The number of likely N-dealkylation sites (tertiary alicyclic amines) is 1. The van der Waals surface area contributed by atoms with Crippen LogP contribution in [0.15, 0.2) is 30.3 Å². The molecule has 3 N–H and O–H groups in total. The van der Waals surface area contributed by atoms with Crippen molar-refractivity contribution >= 4 is 17.7 Å². The summed E-state index contributed by atoms with van der Waals surface area (Å²) in [4.78, 5) is 13.8. The van der Waals surface area contributed by atoms with Gasteiger partial charge in [-0.2, -0.15) is 0 Å². The number of aliphatic hydroxyl groups is 1. The quantitative estimate of drug-likeness (QED) is 0.625. The largest absolute Gasteiger partial charge is 0.399 e. The van der Waals surface area contributed by atoms with Crippen LogP contribution in [0.5, 0.6) is 0 Å². The highest BCUT2D eigenvalue weighted by atomic mass is 16.3. The lowest BCUT2D eigenvalue weighted by atomic mass is 9.97. The van der Waals surface area contributed by atoms with Crippen molar-refractivity contribution in [2.24, 2.45) is 5.92 Å². The summed E-state index contributed by atoms with van der Waals surface area (Å²) in [7, 11) is 0. The van der Waals surface area contributed by atoms with E-state index < -0.39 is 0 Å². The van der Waals surface area contributed by atoms with Gasteiger partial charge in [-0.15, -0.1) is 0 Å². The summed E-state index contributed by atoms with van der Waals surface area (Å²) in [6.45, 7) is 3.20. The predicted molar refractivity (Wildman–Crippen MR) is 76.3 cm³/mol. The number of nitrogens with zero attached hydrogens (tertiary/aromatic N) is 1. The Morgan fingerprint density at radius 3 is 2.74 bits per heavy atom. The molecule has 2 atom stereocenters. The Morgan fingerprint density at radius 1 is 1.42 bits per heavy atom. The topological polar surface area (TPSA) is 66.6 Å². The molecule has 2 rings (SSSR count). The molecule has 19 heavy (non-hydrogen) atoms. The highest BCUT2D eigenvalue weighted by molar-refractivity contribution is 5.91. The Kier molecular flexibility index (Phi) is 4.22. The lowest BCUT2D eigenvalue weighted by Crippen LogP contribution is -2.44. The monoisotopic (exact) mass is 260 g/mol. The molecule has 1 saturated heterocycles. The van der Waals surface area contributed by atoms with Crippen molar-refractivity contribution in [2.75, 3.05) is 18.8 Å². The first-order chi connectivity index (χ1) is 9.06. The minimum Gasteiger partial charge on any atom is -0.399 e. The normalized spacial score (nSPS) is 23.8. The smallest absolute Gasteiger partial charge is 0.246 e. The van der Waals surface area contributed by atoms with E-state index in [0.717, 1.165) is 5.56 Å². The zero-order valence-electron chi connectivity index (χ0n) is 11.1. The van der Waals surface area contributed by atoms with E-state index in [2.05, 4.69) is 0 Å². The molecule has 1 aromatic carbocycles. The summed E-state index contributed by atoms with van der Waals surface area (Å²) in [5.41, 5.74) is 7.27. The predicted octanol–water partition coefficient (Wildman–Crippen LogP) is 1.51. The molecule has 4 nitrogen and oxygen atoms in total. The summed E-state index contributed by atoms with van der Waals surface area (Å²) >= 11 is 0. The van der Waals surface area contributed by atoms with Crippen molar-refractivity contribution in [3.8, 4) is 0 Å². The standard InChI is InChI=1S/C15H20N2O2/c1-11-10-17(9-8-14(11)18)15(19)7-4-12-2-5-13(16)6-3-12/h2-7,11,14,18H,8-10,16H2,1H3/b7-4+. The number of carbonyl (C=O) groups is 1. The first kappa shape index (κ1) is 13.6. The van der Waals surface area contributed by atoms with Crippen LogP contribution in [0.25, 0.3) is 6.08 Å². The summed E-state index contributed by atoms with van der Waals surface area (Å²) in [5.74, 6) is 0.137. The van der Waals surface area contributed by atoms with Crippen LogP contribution < -0.4 is 5.73 Å². The van der Waals surface area contributed by atoms with Crippen molar-refractivity contribution < 1.29 is 9.90 Å². The molecule has 1 amide bonds. The zero-order chi connectivity index (χ0) is 13.8. The number of anilines is 1. The van der Waals surface area contributed by atoms with Gasteiger partial charge >= 0.3 is 0 Å². The van der Waals surface area contributed by atoms with E-state index in [1.165, 1.54) is 0 Å². The molecule has 102 valence electrons. The van der Waals surface area contributed by atoms with Crippen molar-refractivity contribution in [3.05, 3.63) is 35.9 Å². The van der Waals surface area contributed by atoms with Crippen LogP contribution in [0.2, 0.25) is 0 Å². The summed E-state index contributed by atoms with van der Waals surface area (Å²) in [5, 5.41) is 9.64. The Morgan fingerprint density at radius 2 is 2.11 bits per heavy atom. The number of piperidine rings is 1. The molecule has 0 radical (unpaired) electrons. The van der Waals surface area contributed by atoms with E-state index in [1.54, 1.807) is 17.1 Å².